The fourth-order valence-corrected chi connectivity index (χ4v) is 5.02. The van der Waals surface area contributed by atoms with Crippen molar-refractivity contribution >= 4 is 40.6 Å². The molecular formula is C26H31N3O5S2. The van der Waals surface area contributed by atoms with Crippen LogP contribution in [0.25, 0.3) is 0 Å². The second kappa shape index (κ2) is 14.9. The third-order valence-electron chi connectivity index (χ3n) is 5.34. The van der Waals surface area contributed by atoms with E-state index in [0.717, 1.165) is 9.75 Å². The molecule has 0 saturated carbocycles. The molecule has 1 atom stereocenters. The Morgan fingerprint density at radius 2 is 1.58 bits per heavy atom. The van der Waals surface area contributed by atoms with Gasteiger partial charge in [-0.1, -0.05) is 30.3 Å². The number of unbranched alkanes of at least 4 members (excludes halogenated alkanes) is 1. The van der Waals surface area contributed by atoms with Crippen LogP contribution in [0.4, 0.5) is 4.79 Å². The van der Waals surface area contributed by atoms with Crippen LogP contribution in [0.5, 0.6) is 5.75 Å². The van der Waals surface area contributed by atoms with E-state index in [1.54, 1.807) is 27.6 Å². The maximum Gasteiger partial charge on any atom is 0.404 e. The summed E-state index contributed by atoms with van der Waals surface area (Å²) < 4.78 is 5.62. The van der Waals surface area contributed by atoms with Crippen molar-refractivity contribution in [2.75, 3.05) is 13.2 Å². The Morgan fingerprint density at radius 3 is 2.17 bits per heavy atom. The lowest BCUT2D eigenvalue weighted by atomic mass is 10.1. The first-order valence-electron chi connectivity index (χ1n) is 11.8. The van der Waals surface area contributed by atoms with Crippen LogP contribution in [-0.2, 0) is 22.7 Å². The van der Waals surface area contributed by atoms with Crippen molar-refractivity contribution in [1.29, 1.82) is 0 Å². The summed E-state index contributed by atoms with van der Waals surface area (Å²) in [5.41, 5.74) is 0. The first-order chi connectivity index (χ1) is 17.5. The van der Waals surface area contributed by atoms with Gasteiger partial charge in [0.05, 0.1) is 26.1 Å². The molecule has 3 N–H and O–H groups in total. The monoisotopic (exact) mass is 529 g/mol. The number of rotatable bonds is 15. The Bertz CT molecular complexity index is 1020. The number of carbonyl (C=O) groups is 3. The molecule has 3 amide bonds. The van der Waals surface area contributed by atoms with Crippen LogP contribution in [0.3, 0.4) is 0 Å². The second-order valence-corrected chi connectivity index (χ2v) is 10.2. The Morgan fingerprint density at radius 1 is 0.917 bits per heavy atom. The molecule has 0 aliphatic rings. The fraction of sp³-hybridized carbons (Fsp3) is 0.346. The molecule has 192 valence electrons. The van der Waals surface area contributed by atoms with Crippen molar-refractivity contribution in [2.24, 2.45) is 0 Å². The highest BCUT2D eigenvalue weighted by Crippen LogP contribution is 2.19. The first-order valence-corrected chi connectivity index (χ1v) is 13.5. The molecule has 0 radical (unpaired) electrons. The minimum Gasteiger partial charge on any atom is -0.493 e. The Kier molecular flexibility index (Phi) is 11.3. The van der Waals surface area contributed by atoms with Gasteiger partial charge < -0.3 is 25.4 Å². The zero-order valence-electron chi connectivity index (χ0n) is 19.9. The zero-order chi connectivity index (χ0) is 25.6. The number of thiophene rings is 2. The average Bonchev–Trinajstić information content (AvgIpc) is 3.57. The molecule has 0 aliphatic carbocycles. The van der Waals surface area contributed by atoms with E-state index in [1.165, 1.54) is 0 Å². The number of benzene rings is 1. The van der Waals surface area contributed by atoms with Gasteiger partial charge in [-0.2, -0.15) is 0 Å². The molecule has 0 aliphatic heterocycles. The highest BCUT2D eigenvalue weighted by atomic mass is 32.1. The van der Waals surface area contributed by atoms with Gasteiger partial charge >= 0.3 is 6.09 Å². The lowest BCUT2D eigenvalue weighted by Crippen LogP contribution is -2.48. The van der Waals surface area contributed by atoms with Crippen molar-refractivity contribution in [3.8, 4) is 5.75 Å². The molecule has 3 rings (SSSR count). The minimum absolute atomic E-state index is 0.120. The maximum absolute atomic E-state index is 13.7. The number of nitrogens with one attached hydrogen (secondary N) is 2. The highest BCUT2D eigenvalue weighted by Gasteiger charge is 2.26. The summed E-state index contributed by atoms with van der Waals surface area (Å²) >= 11 is 3.17. The topological polar surface area (TPSA) is 108 Å². The van der Waals surface area contributed by atoms with Crippen molar-refractivity contribution in [2.45, 2.75) is 44.8 Å². The summed E-state index contributed by atoms with van der Waals surface area (Å²) in [6, 6.07) is 16.4. The molecule has 2 aromatic heterocycles. The van der Waals surface area contributed by atoms with Crippen LogP contribution < -0.4 is 15.4 Å². The SMILES string of the molecule is O=C(O)NCCCC[C@H](NC(=O)CCOc1ccccc1)C(=O)N(Cc1cccs1)Cc1cccs1. The van der Waals surface area contributed by atoms with E-state index < -0.39 is 12.1 Å². The molecule has 3 aromatic rings. The molecular weight excluding hydrogens is 498 g/mol. The molecule has 36 heavy (non-hydrogen) atoms. The van der Waals surface area contributed by atoms with Gasteiger partial charge in [0.15, 0.2) is 0 Å². The van der Waals surface area contributed by atoms with E-state index in [-0.39, 0.29) is 24.8 Å². The number of nitrogens with zero attached hydrogens (tertiary/aromatic N) is 1. The van der Waals surface area contributed by atoms with Gasteiger partial charge in [0.25, 0.3) is 0 Å². The van der Waals surface area contributed by atoms with E-state index in [4.69, 9.17) is 9.84 Å². The smallest absolute Gasteiger partial charge is 0.404 e. The second-order valence-electron chi connectivity index (χ2n) is 8.11. The number of ether oxygens (including phenoxy) is 1. The first kappa shape index (κ1) is 27.2. The van der Waals surface area contributed by atoms with Gasteiger partial charge in [0.2, 0.25) is 11.8 Å². The predicted octanol–water partition coefficient (Wildman–Crippen LogP) is 4.73. The van der Waals surface area contributed by atoms with Crippen LogP contribution >= 0.6 is 22.7 Å². The van der Waals surface area contributed by atoms with E-state index in [1.807, 2.05) is 65.4 Å². The number of carbonyl (C=O) groups excluding carboxylic acids is 2. The third-order valence-corrected chi connectivity index (χ3v) is 7.06. The van der Waals surface area contributed by atoms with Crippen LogP contribution in [0, 0.1) is 0 Å². The Balaban J connectivity index is 1.63. The van der Waals surface area contributed by atoms with Crippen molar-refractivity contribution in [3.63, 3.8) is 0 Å². The number of para-hydroxylation sites is 1. The zero-order valence-corrected chi connectivity index (χ0v) is 21.6. The number of hydrogen-bond acceptors (Lipinski definition) is 6. The van der Waals surface area contributed by atoms with Gasteiger partial charge in [-0.15, -0.1) is 22.7 Å². The molecule has 1 aromatic carbocycles. The summed E-state index contributed by atoms with van der Waals surface area (Å²) in [7, 11) is 0. The van der Waals surface area contributed by atoms with Gasteiger partial charge in [-0.05, 0) is 54.3 Å². The number of carboxylic acid groups (broad SMARTS) is 1. The van der Waals surface area contributed by atoms with E-state index in [2.05, 4.69) is 10.6 Å². The van der Waals surface area contributed by atoms with Crippen molar-refractivity contribution < 1.29 is 24.2 Å². The Labute approximate surface area is 218 Å². The molecule has 8 nitrogen and oxygen atoms in total. The number of amides is 3. The fourth-order valence-electron chi connectivity index (χ4n) is 3.58. The summed E-state index contributed by atoms with van der Waals surface area (Å²) in [6.07, 6.45) is 0.612. The maximum atomic E-state index is 13.7. The standard InChI is InChI=1S/C26H31N3O5S2/c30-24(13-15-34-20-8-2-1-3-9-20)28-23(12-4-5-14-27-26(32)33)25(31)29(18-21-10-6-16-35-21)19-22-11-7-17-36-22/h1-3,6-11,16-17,23,27H,4-5,12-15,18-19H2,(H,28,30)(H,32,33)/t23-/m0/s1. The summed E-state index contributed by atoms with van der Waals surface area (Å²) in [6.45, 7) is 1.41. The lowest BCUT2D eigenvalue weighted by Gasteiger charge is -2.27. The van der Waals surface area contributed by atoms with Gasteiger partial charge in [-0.25, -0.2) is 4.79 Å². The molecule has 0 saturated heterocycles. The van der Waals surface area contributed by atoms with Crippen molar-refractivity contribution in [1.82, 2.24) is 15.5 Å². The van der Waals surface area contributed by atoms with Gasteiger partial charge in [0, 0.05) is 16.3 Å². The number of hydrogen-bond donors (Lipinski definition) is 3. The summed E-state index contributed by atoms with van der Waals surface area (Å²) in [4.78, 5) is 41.0. The van der Waals surface area contributed by atoms with Crippen LogP contribution in [0.2, 0.25) is 0 Å². The normalized spacial score (nSPS) is 11.4. The van der Waals surface area contributed by atoms with Gasteiger partial charge in [-0.3, -0.25) is 9.59 Å². The van der Waals surface area contributed by atoms with Crippen LogP contribution in [0.15, 0.2) is 65.4 Å². The molecule has 10 heteroatoms. The van der Waals surface area contributed by atoms with E-state index >= 15 is 0 Å². The Hall–Kier alpha value is -3.37. The highest BCUT2D eigenvalue weighted by molar-refractivity contribution is 7.10. The van der Waals surface area contributed by atoms with Crippen LogP contribution in [-0.4, -0.2) is 47.1 Å². The van der Waals surface area contributed by atoms with Crippen LogP contribution in [0.1, 0.15) is 35.4 Å². The van der Waals surface area contributed by atoms with Crippen molar-refractivity contribution in [3.05, 3.63) is 75.1 Å². The predicted molar refractivity (Wildman–Crippen MR) is 141 cm³/mol. The minimum atomic E-state index is -1.08. The summed E-state index contributed by atoms with van der Waals surface area (Å²) in [5, 5.41) is 18.0. The lowest BCUT2D eigenvalue weighted by molar-refractivity contribution is -0.137. The molecule has 0 unspecified atom stereocenters. The quantitative estimate of drug-likeness (QED) is 0.247. The molecule has 2 heterocycles. The van der Waals surface area contributed by atoms with Gasteiger partial charge in [0.1, 0.15) is 11.8 Å². The molecule has 0 fully saturated rings. The summed E-state index contributed by atoms with van der Waals surface area (Å²) in [5.74, 6) is 0.266. The molecule has 0 bridgehead atoms. The average molecular weight is 530 g/mol. The largest absolute Gasteiger partial charge is 0.493 e. The van der Waals surface area contributed by atoms with E-state index in [0.29, 0.717) is 44.6 Å². The molecule has 0 spiro atoms. The van der Waals surface area contributed by atoms with E-state index in [9.17, 15) is 14.4 Å². The third kappa shape index (κ3) is 9.71.